The van der Waals surface area contributed by atoms with Crippen molar-refractivity contribution in [2.45, 2.75) is 18.9 Å². The summed E-state index contributed by atoms with van der Waals surface area (Å²) in [5, 5.41) is 13.2. The lowest BCUT2D eigenvalue weighted by molar-refractivity contribution is 0.188. The van der Waals surface area contributed by atoms with Crippen molar-refractivity contribution >= 4 is 34.4 Å². The molecule has 1 fully saturated rings. The summed E-state index contributed by atoms with van der Waals surface area (Å²) >= 11 is 6.17. The van der Waals surface area contributed by atoms with Crippen molar-refractivity contribution in [3.8, 4) is 5.69 Å². The fraction of sp³-hybridized carbons (Fsp3) is 0.278. The normalized spacial score (nSPS) is 17.4. The maximum absolute atomic E-state index is 11.0. The van der Waals surface area contributed by atoms with Crippen LogP contribution in [-0.2, 0) is 0 Å². The van der Waals surface area contributed by atoms with Crippen LogP contribution in [0.1, 0.15) is 12.8 Å². The fourth-order valence-electron chi connectivity index (χ4n) is 3.42. The summed E-state index contributed by atoms with van der Waals surface area (Å²) in [5.74, 6) is 0.806. The molecule has 1 aliphatic rings. The molecule has 7 nitrogen and oxygen atoms in total. The first kappa shape index (κ1) is 16.7. The summed E-state index contributed by atoms with van der Waals surface area (Å²) in [6.07, 6.45) is 6.11. The van der Waals surface area contributed by atoms with Crippen LogP contribution in [0.5, 0.6) is 0 Å². The smallest absolute Gasteiger partial charge is 0.404 e. The van der Waals surface area contributed by atoms with E-state index in [-0.39, 0.29) is 6.04 Å². The molecule has 8 heteroatoms. The Bertz CT molecular complexity index is 944. The van der Waals surface area contributed by atoms with Gasteiger partial charge in [-0.15, -0.1) is 0 Å². The number of carbonyl (C=O) groups is 1. The van der Waals surface area contributed by atoms with Gasteiger partial charge in [0.15, 0.2) is 0 Å². The number of benzene rings is 1. The summed E-state index contributed by atoms with van der Waals surface area (Å²) in [7, 11) is 0. The van der Waals surface area contributed by atoms with Gasteiger partial charge in [-0.2, -0.15) is 0 Å². The van der Waals surface area contributed by atoms with Gasteiger partial charge in [0.05, 0.1) is 17.5 Å². The van der Waals surface area contributed by atoms with Crippen molar-refractivity contribution in [2.24, 2.45) is 0 Å². The lowest BCUT2D eigenvalue weighted by Gasteiger charge is -2.33. The Labute approximate surface area is 155 Å². The van der Waals surface area contributed by atoms with Gasteiger partial charge in [-0.05, 0) is 31.0 Å². The highest BCUT2D eigenvalue weighted by molar-refractivity contribution is 6.31. The van der Waals surface area contributed by atoms with E-state index in [0.29, 0.717) is 11.6 Å². The largest absolute Gasteiger partial charge is 0.465 e. The number of hydrogen-bond donors (Lipinski definition) is 2. The molecule has 0 radical (unpaired) electrons. The maximum Gasteiger partial charge on any atom is 0.404 e. The lowest BCUT2D eigenvalue weighted by Crippen LogP contribution is -2.47. The number of amides is 1. The number of piperidine rings is 1. The number of aromatic nitrogens is 3. The van der Waals surface area contributed by atoms with E-state index in [1.165, 1.54) is 0 Å². The average molecular weight is 372 g/mol. The molecule has 3 heterocycles. The number of nitrogens with zero attached hydrogens (tertiary/aromatic N) is 4. The molecule has 0 spiro atoms. The van der Waals surface area contributed by atoms with Gasteiger partial charge in [-0.25, -0.2) is 14.8 Å². The standard InChI is InChI=1S/C18H18ClN5O2/c19-12-3-4-14-15(8-12)22-17(9-16(14)24-7-5-20-11-24)23-6-1-2-13(10-23)21-18(25)26/h3-5,7-9,11,13,21H,1-2,6,10H2,(H,25,26). The predicted molar refractivity (Wildman–Crippen MR) is 100 cm³/mol. The van der Waals surface area contributed by atoms with E-state index >= 15 is 0 Å². The molecule has 1 saturated heterocycles. The predicted octanol–water partition coefficient (Wildman–Crippen LogP) is 3.31. The molecule has 1 aromatic carbocycles. The molecule has 1 atom stereocenters. The summed E-state index contributed by atoms with van der Waals surface area (Å²) in [6.45, 7) is 1.43. The molecule has 1 aliphatic heterocycles. The number of anilines is 1. The first-order valence-corrected chi connectivity index (χ1v) is 8.81. The molecule has 134 valence electrons. The van der Waals surface area contributed by atoms with Crippen LogP contribution >= 0.6 is 11.6 Å². The van der Waals surface area contributed by atoms with Crippen molar-refractivity contribution in [1.29, 1.82) is 0 Å². The molecule has 0 bridgehead atoms. The van der Waals surface area contributed by atoms with E-state index in [9.17, 15) is 4.79 Å². The second-order valence-corrected chi connectivity index (χ2v) is 6.80. The van der Waals surface area contributed by atoms with Gasteiger partial charge in [0, 0.05) is 48.0 Å². The Morgan fingerprint density at radius 2 is 2.23 bits per heavy atom. The average Bonchev–Trinajstić information content (AvgIpc) is 3.14. The first-order chi connectivity index (χ1) is 12.6. The second kappa shape index (κ2) is 6.84. The Hall–Kier alpha value is -2.80. The molecular weight excluding hydrogens is 354 g/mol. The quantitative estimate of drug-likeness (QED) is 0.738. The highest BCUT2D eigenvalue weighted by atomic mass is 35.5. The van der Waals surface area contributed by atoms with E-state index < -0.39 is 6.09 Å². The van der Waals surface area contributed by atoms with Crippen LogP contribution in [0, 0.1) is 0 Å². The van der Waals surface area contributed by atoms with E-state index in [0.717, 1.165) is 41.8 Å². The first-order valence-electron chi connectivity index (χ1n) is 8.43. The summed E-state index contributed by atoms with van der Waals surface area (Å²) < 4.78 is 1.94. The number of imidazole rings is 1. The number of halogens is 1. The topological polar surface area (TPSA) is 83.3 Å². The van der Waals surface area contributed by atoms with Crippen LogP contribution in [0.3, 0.4) is 0 Å². The van der Waals surface area contributed by atoms with Crippen LogP contribution in [0.25, 0.3) is 16.6 Å². The Morgan fingerprint density at radius 1 is 1.35 bits per heavy atom. The van der Waals surface area contributed by atoms with Gasteiger partial charge < -0.3 is 19.9 Å². The van der Waals surface area contributed by atoms with Gasteiger partial charge >= 0.3 is 6.09 Å². The Kier molecular flexibility index (Phi) is 4.38. The molecule has 4 rings (SSSR count). The highest BCUT2D eigenvalue weighted by Gasteiger charge is 2.23. The van der Waals surface area contributed by atoms with E-state index in [2.05, 4.69) is 15.2 Å². The molecule has 2 N–H and O–H groups in total. The fourth-order valence-corrected chi connectivity index (χ4v) is 3.59. The zero-order valence-electron chi connectivity index (χ0n) is 14.0. The van der Waals surface area contributed by atoms with Gasteiger partial charge in [-0.3, -0.25) is 0 Å². The van der Waals surface area contributed by atoms with Crippen LogP contribution in [0.4, 0.5) is 10.6 Å². The minimum absolute atomic E-state index is 0.102. The number of hydrogen-bond acceptors (Lipinski definition) is 4. The molecule has 1 unspecified atom stereocenters. The number of rotatable bonds is 3. The SMILES string of the molecule is O=C(O)NC1CCCN(c2cc(-n3ccnc3)c3ccc(Cl)cc3n2)C1. The minimum atomic E-state index is -0.991. The number of nitrogens with one attached hydrogen (secondary N) is 1. The number of pyridine rings is 1. The molecule has 0 aliphatic carbocycles. The summed E-state index contributed by atoms with van der Waals surface area (Å²) in [5.41, 5.74) is 1.76. The van der Waals surface area contributed by atoms with Crippen LogP contribution in [-0.4, -0.2) is 44.9 Å². The second-order valence-electron chi connectivity index (χ2n) is 6.37. The molecular formula is C18H18ClN5O2. The van der Waals surface area contributed by atoms with Crippen molar-refractivity contribution in [3.63, 3.8) is 0 Å². The molecule has 3 aromatic rings. The van der Waals surface area contributed by atoms with E-state index in [1.54, 1.807) is 12.5 Å². The zero-order chi connectivity index (χ0) is 18.1. The summed E-state index contributed by atoms with van der Waals surface area (Å²) in [6, 6.07) is 7.56. The molecule has 1 amide bonds. The third-order valence-corrected chi connectivity index (χ3v) is 4.83. The zero-order valence-corrected chi connectivity index (χ0v) is 14.7. The van der Waals surface area contributed by atoms with E-state index in [1.807, 2.05) is 35.0 Å². The van der Waals surface area contributed by atoms with Crippen molar-refractivity contribution in [2.75, 3.05) is 18.0 Å². The maximum atomic E-state index is 11.0. The van der Waals surface area contributed by atoms with Gasteiger partial charge in [0.2, 0.25) is 0 Å². The van der Waals surface area contributed by atoms with Crippen molar-refractivity contribution in [3.05, 3.63) is 48.0 Å². The lowest BCUT2D eigenvalue weighted by atomic mass is 10.1. The molecule has 26 heavy (non-hydrogen) atoms. The van der Waals surface area contributed by atoms with Crippen LogP contribution in [0.15, 0.2) is 43.0 Å². The third kappa shape index (κ3) is 3.30. The molecule has 2 aromatic heterocycles. The number of fused-ring (bicyclic) bond motifs is 1. The van der Waals surface area contributed by atoms with Gasteiger partial charge in [0.1, 0.15) is 5.82 Å². The molecule has 0 saturated carbocycles. The van der Waals surface area contributed by atoms with Crippen molar-refractivity contribution in [1.82, 2.24) is 19.9 Å². The van der Waals surface area contributed by atoms with Crippen LogP contribution < -0.4 is 10.2 Å². The van der Waals surface area contributed by atoms with E-state index in [4.69, 9.17) is 21.7 Å². The van der Waals surface area contributed by atoms with Crippen LogP contribution in [0.2, 0.25) is 5.02 Å². The minimum Gasteiger partial charge on any atom is -0.465 e. The third-order valence-electron chi connectivity index (χ3n) is 4.59. The Balaban J connectivity index is 1.76. The highest BCUT2D eigenvalue weighted by Crippen LogP contribution is 2.29. The monoisotopic (exact) mass is 371 g/mol. The van der Waals surface area contributed by atoms with Gasteiger partial charge in [0.25, 0.3) is 0 Å². The van der Waals surface area contributed by atoms with Crippen molar-refractivity contribution < 1.29 is 9.90 Å². The number of carboxylic acid groups (broad SMARTS) is 1. The summed E-state index contributed by atoms with van der Waals surface area (Å²) in [4.78, 5) is 22.0. The van der Waals surface area contributed by atoms with Gasteiger partial charge in [-0.1, -0.05) is 11.6 Å². The Morgan fingerprint density at radius 3 is 3.00 bits per heavy atom.